The van der Waals surface area contributed by atoms with Gasteiger partial charge in [-0.25, -0.2) is 0 Å². The zero-order chi connectivity index (χ0) is 14.5. The molecular weight excluding hydrogens is 258 g/mol. The van der Waals surface area contributed by atoms with Gasteiger partial charge in [0.1, 0.15) is 5.75 Å². The Labute approximate surface area is 116 Å². The van der Waals surface area contributed by atoms with Gasteiger partial charge < -0.3 is 15.8 Å². The summed E-state index contributed by atoms with van der Waals surface area (Å²) < 4.78 is 5.40. The number of hydrogen-bond acceptors (Lipinski definition) is 5. The van der Waals surface area contributed by atoms with Crippen molar-refractivity contribution in [2.45, 2.75) is 6.92 Å². The van der Waals surface area contributed by atoms with E-state index in [-0.39, 0.29) is 5.69 Å². The van der Waals surface area contributed by atoms with E-state index in [0.717, 1.165) is 11.4 Å². The Morgan fingerprint density at radius 2 is 2.05 bits per heavy atom. The molecule has 0 aliphatic rings. The fourth-order valence-corrected chi connectivity index (χ4v) is 1.81. The second-order valence-corrected chi connectivity index (χ2v) is 4.16. The molecule has 0 unspecified atom stereocenters. The van der Waals surface area contributed by atoms with Crippen molar-refractivity contribution in [3.63, 3.8) is 0 Å². The maximum Gasteiger partial charge on any atom is 0.273 e. The number of non-ortho nitro benzene ring substituents is 1. The molecule has 20 heavy (non-hydrogen) atoms. The average Bonchev–Trinajstić information content (AvgIpc) is 2.38. The van der Waals surface area contributed by atoms with Crippen LogP contribution in [0.3, 0.4) is 0 Å². The van der Waals surface area contributed by atoms with Crippen molar-refractivity contribution in [1.29, 1.82) is 0 Å². The third kappa shape index (κ3) is 3.38. The number of nitrogens with zero attached hydrogens (tertiary/aromatic N) is 1. The quantitative estimate of drug-likeness (QED) is 0.495. The van der Waals surface area contributed by atoms with Crippen molar-refractivity contribution in [3.8, 4) is 5.75 Å². The number of benzene rings is 2. The molecule has 0 aromatic heterocycles. The number of nitro groups is 1. The van der Waals surface area contributed by atoms with E-state index in [1.54, 1.807) is 6.07 Å². The van der Waals surface area contributed by atoms with Gasteiger partial charge in [0.25, 0.3) is 5.69 Å². The Bertz CT molecular complexity index is 629. The highest BCUT2D eigenvalue weighted by Crippen LogP contribution is 2.26. The molecule has 0 saturated carbocycles. The van der Waals surface area contributed by atoms with Gasteiger partial charge >= 0.3 is 0 Å². The molecule has 2 aromatic rings. The second kappa shape index (κ2) is 5.92. The summed E-state index contributed by atoms with van der Waals surface area (Å²) in [4.78, 5) is 10.3. The minimum Gasteiger partial charge on any atom is -0.494 e. The minimum atomic E-state index is -0.474. The number of nitrogens with one attached hydrogen (secondary N) is 1. The highest BCUT2D eigenvalue weighted by Gasteiger charge is 2.08. The van der Waals surface area contributed by atoms with Gasteiger partial charge in [-0.3, -0.25) is 10.1 Å². The van der Waals surface area contributed by atoms with E-state index in [1.807, 2.05) is 31.2 Å². The molecule has 0 fully saturated rings. The molecule has 0 aliphatic carbocycles. The molecule has 3 N–H and O–H groups in total. The number of rotatable bonds is 5. The van der Waals surface area contributed by atoms with Crippen LogP contribution in [0.2, 0.25) is 0 Å². The first-order chi connectivity index (χ1) is 9.58. The van der Waals surface area contributed by atoms with Crippen LogP contribution in [0.4, 0.5) is 22.7 Å². The van der Waals surface area contributed by atoms with E-state index in [0.29, 0.717) is 18.0 Å². The standard InChI is InChI=1S/C14H15N3O3/c1-2-20-14-5-3-4-11(9-14)16-12-6-10(15)7-13(8-12)17(18)19/h3-9,16H,2,15H2,1H3. The van der Waals surface area contributed by atoms with Crippen LogP contribution in [0.15, 0.2) is 42.5 Å². The first-order valence-corrected chi connectivity index (χ1v) is 6.13. The first kappa shape index (κ1) is 13.7. The summed E-state index contributed by atoms with van der Waals surface area (Å²) in [5, 5.41) is 13.9. The van der Waals surface area contributed by atoms with Crippen molar-refractivity contribution < 1.29 is 9.66 Å². The number of nitrogens with two attached hydrogens (primary N) is 1. The van der Waals surface area contributed by atoms with Crippen LogP contribution in [0.25, 0.3) is 0 Å². The summed E-state index contributed by atoms with van der Waals surface area (Å²) >= 11 is 0. The fourth-order valence-electron chi connectivity index (χ4n) is 1.81. The second-order valence-electron chi connectivity index (χ2n) is 4.16. The number of nitrogen functional groups attached to an aromatic ring is 1. The Morgan fingerprint density at radius 3 is 2.75 bits per heavy atom. The van der Waals surface area contributed by atoms with Crippen LogP contribution in [-0.4, -0.2) is 11.5 Å². The molecule has 0 saturated heterocycles. The van der Waals surface area contributed by atoms with E-state index in [9.17, 15) is 10.1 Å². The van der Waals surface area contributed by atoms with Gasteiger partial charge in [0.05, 0.1) is 11.5 Å². The van der Waals surface area contributed by atoms with E-state index in [2.05, 4.69) is 5.32 Å². The third-order valence-electron chi connectivity index (χ3n) is 2.58. The molecule has 0 bridgehead atoms. The summed E-state index contributed by atoms with van der Waals surface area (Å²) in [6.07, 6.45) is 0. The molecule has 0 spiro atoms. The van der Waals surface area contributed by atoms with Crippen molar-refractivity contribution in [1.82, 2.24) is 0 Å². The normalized spacial score (nSPS) is 10.1. The number of hydrogen-bond donors (Lipinski definition) is 2. The summed E-state index contributed by atoms with van der Waals surface area (Å²) in [5.74, 6) is 0.732. The SMILES string of the molecule is CCOc1cccc(Nc2cc(N)cc([N+](=O)[O-])c2)c1. The lowest BCUT2D eigenvalue weighted by atomic mass is 10.2. The van der Waals surface area contributed by atoms with Crippen LogP contribution in [0.1, 0.15) is 6.92 Å². The lowest BCUT2D eigenvalue weighted by molar-refractivity contribution is -0.384. The number of ether oxygens (including phenoxy) is 1. The maximum atomic E-state index is 10.8. The Hall–Kier alpha value is -2.76. The van der Waals surface area contributed by atoms with Gasteiger partial charge in [-0.05, 0) is 25.1 Å². The first-order valence-electron chi connectivity index (χ1n) is 6.13. The van der Waals surface area contributed by atoms with E-state index < -0.39 is 4.92 Å². The van der Waals surface area contributed by atoms with Crippen LogP contribution in [-0.2, 0) is 0 Å². The van der Waals surface area contributed by atoms with E-state index >= 15 is 0 Å². The summed E-state index contributed by atoms with van der Waals surface area (Å²) in [6, 6.07) is 11.7. The Balaban J connectivity index is 2.25. The van der Waals surface area contributed by atoms with Crippen molar-refractivity contribution in [2.75, 3.05) is 17.7 Å². The van der Waals surface area contributed by atoms with Gasteiger partial charge in [-0.1, -0.05) is 6.07 Å². The molecule has 0 radical (unpaired) electrons. The predicted molar refractivity (Wildman–Crippen MR) is 78.4 cm³/mol. The Morgan fingerprint density at radius 1 is 1.25 bits per heavy atom. The van der Waals surface area contributed by atoms with Gasteiger partial charge in [-0.2, -0.15) is 0 Å². The molecule has 0 aliphatic heterocycles. The summed E-state index contributed by atoms with van der Waals surface area (Å²) in [6.45, 7) is 2.48. The fraction of sp³-hybridized carbons (Fsp3) is 0.143. The van der Waals surface area contributed by atoms with Crippen molar-refractivity contribution in [2.24, 2.45) is 0 Å². The van der Waals surface area contributed by atoms with E-state index in [1.165, 1.54) is 12.1 Å². The van der Waals surface area contributed by atoms with Crippen molar-refractivity contribution in [3.05, 3.63) is 52.6 Å². The molecule has 0 heterocycles. The van der Waals surface area contributed by atoms with Crippen molar-refractivity contribution >= 4 is 22.7 Å². The van der Waals surface area contributed by atoms with Gasteiger partial charge in [0.2, 0.25) is 0 Å². The summed E-state index contributed by atoms with van der Waals surface area (Å²) in [5.41, 5.74) is 7.28. The van der Waals surface area contributed by atoms with E-state index in [4.69, 9.17) is 10.5 Å². The Kier molecular flexibility index (Phi) is 4.05. The molecule has 104 valence electrons. The lowest BCUT2D eigenvalue weighted by Gasteiger charge is -2.09. The topological polar surface area (TPSA) is 90.4 Å². The third-order valence-corrected chi connectivity index (χ3v) is 2.58. The van der Waals surface area contributed by atoms with Crippen LogP contribution in [0.5, 0.6) is 5.75 Å². The highest BCUT2D eigenvalue weighted by atomic mass is 16.6. The maximum absolute atomic E-state index is 10.8. The van der Waals surface area contributed by atoms with Gasteiger partial charge in [0.15, 0.2) is 0 Å². The minimum absolute atomic E-state index is 0.0477. The average molecular weight is 273 g/mol. The monoisotopic (exact) mass is 273 g/mol. The van der Waals surface area contributed by atoms with Crippen LogP contribution < -0.4 is 15.8 Å². The van der Waals surface area contributed by atoms with Gasteiger partial charge in [0, 0.05) is 35.3 Å². The zero-order valence-electron chi connectivity index (χ0n) is 11.0. The molecule has 0 amide bonds. The number of anilines is 3. The molecule has 0 atom stereocenters. The molecule has 6 nitrogen and oxygen atoms in total. The van der Waals surface area contributed by atoms with Crippen LogP contribution in [0, 0.1) is 10.1 Å². The highest BCUT2D eigenvalue weighted by molar-refractivity contribution is 5.68. The largest absolute Gasteiger partial charge is 0.494 e. The van der Waals surface area contributed by atoms with Crippen LogP contribution >= 0.6 is 0 Å². The predicted octanol–water partition coefficient (Wildman–Crippen LogP) is 3.32. The molecular formula is C14H15N3O3. The molecule has 2 rings (SSSR count). The summed E-state index contributed by atoms with van der Waals surface area (Å²) in [7, 11) is 0. The zero-order valence-corrected chi connectivity index (χ0v) is 11.0. The van der Waals surface area contributed by atoms with Gasteiger partial charge in [-0.15, -0.1) is 0 Å². The number of nitro benzene ring substituents is 1. The molecule has 2 aromatic carbocycles. The lowest BCUT2D eigenvalue weighted by Crippen LogP contribution is -1.97. The molecule has 6 heteroatoms. The smallest absolute Gasteiger partial charge is 0.273 e.